The molecule has 3 amide bonds. The van der Waals surface area contributed by atoms with Gasteiger partial charge < -0.3 is 10.1 Å². The quantitative estimate of drug-likeness (QED) is 0.572. The molecular weight excluding hydrogens is 407 g/mol. The van der Waals surface area contributed by atoms with Crippen LogP contribution in [0.3, 0.4) is 0 Å². The fourth-order valence-corrected chi connectivity index (χ4v) is 2.98. The van der Waals surface area contributed by atoms with Crippen LogP contribution in [0.15, 0.2) is 42.5 Å². The minimum atomic E-state index is -0.719. The Kier molecular flexibility index (Phi) is 5.96. The normalized spacial score (nSPS) is 12.7. The van der Waals surface area contributed by atoms with Crippen LogP contribution in [0.4, 0.5) is 5.69 Å². The number of fused-ring (bicyclic) bond motifs is 1. The summed E-state index contributed by atoms with van der Waals surface area (Å²) >= 11 is 11.8. The monoisotopic (exact) mass is 420 g/mol. The van der Waals surface area contributed by atoms with E-state index in [-0.39, 0.29) is 18.0 Å². The molecule has 1 N–H and O–H groups in total. The van der Waals surface area contributed by atoms with Crippen molar-refractivity contribution >= 4 is 52.6 Å². The van der Waals surface area contributed by atoms with Crippen molar-refractivity contribution in [1.82, 2.24) is 4.90 Å². The lowest BCUT2D eigenvalue weighted by molar-refractivity contribution is -0.147. The van der Waals surface area contributed by atoms with E-state index in [1.165, 1.54) is 12.1 Å². The molecule has 2 aromatic carbocycles. The first-order chi connectivity index (χ1) is 13.4. The first-order valence-electron chi connectivity index (χ1n) is 8.22. The van der Waals surface area contributed by atoms with Gasteiger partial charge in [-0.25, -0.2) is 0 Å². The van der Waals surface area contributed by atoms with E-state index in [2.05, 4.69) is 5.32 Å². The van der Waals surface area contributed by atoms with Gasteiger partial charge in [-0.15, -0.1) is 0 Å². The largest absolute Gasteiger partial charge is 0.456 e. The molecule has 0 spiro atoms. The minimum absolute atomic E-state index is 0.132. The van der Waals surface area contributed by atoms with Crippen LogP contribution in [0.2, 0.25) is 10.0 Å². The first kappa shape index (κ1) is 19.9. The summed E-state index contributed by atoms with van der Waals surface area (Å²) in [7, 11) is 0. The molecule has 1 aliphatic rings. The Labute approximate surface area is 170 Å². The van der Waals surface area contributed by atoms with E-state index in [9.17, 15) is 19.2 Å². The number of nitrogens with one attached hydrogen (secondary N) is 1. The van der Waals surface area contributed by atoms with Crippen molar-refractivity contribution in [2.45, 2.75) is 6.42 Å². The zero-order valence-electron chi connectivity index (χ0n) is 14.4. The molecule has 28 heavy (non-hydrogen) atoms. The third-order valence-electron chi connectivity index (χ3n) is 3.98. The number of benzene rings is 2. The number of hydrogen-bond acceptors (Lipinski definition) is 5. The second-order valence-corrected chi connectivity index (χ2v) is 6.73. The topological polar surface area (TPSA) is 92.8 Å². The number of amides is 3. The Morgan fingerprint density at radius 1 is 1.00 bits per heavy atom. The zero-order chi connectivity index (χ0) is 20.3. The summed E-state index contributed by atoms with van der Waals surface area (Å²) < 4.78 is 4.88. The minimum Gasteiger partial charge on any atom is -0.456 e. The molecule has 1 heterocycles. The van der Waals surface area contributed by atoms with Crippen molar-refractivity contribution in [2.75, 3.05) is 18.5 Å². The maximum Gasteiger partial charge on any atom is 0.308 e. The molecule has 0 saturated carbocycles. The number of ether oxygens (including phenoxy) is 1. The third-order valence-corrected chi connectivity index (χ3v) is 4.55. The van der Waals surface area contributed by atoms with E-state index >= 15 is 0 Å². The summed E-state index contributed by atoms with van der Waals surface area (Å²) in [5.41, 5.74) is 0.901. The van der Waals surface area contributed by atoms with E-state index in [1.54, 1.807) is 30.3 Å². The molecule has 1 aliphatic heterocycles. The Hall–Kier alpha value is -2.90. The lowest BCUT2D eigenvalue weighted by atomic mass is 10.1. The van der Waals surface area contributed by atoms with Crippen LogP contribution in [0.1, 0.15) is 27.1 Å². The highest BCUT2D eigenvalue weighted by atomic mass is 35.5. The third kappa shape index (κ3) is 4.32. The number of hydrogen-bond donors (Lipinski definition) is 1. The summed E-state index contributed by atoms with van der Waals surface area (Å²) in [6.45, 7) is -0.670. The van der Waals surface area contributed by atoms with Crippen molar-refractivity contribution in [1.29, 1.82) is 0 Å². The van der Waals surface area contributed by atoms with Crippen LogP contribution < -0.4 is 5.32 Å². The Morgan fingerprint density at radius 2 is 1.64 bits per heavy atom. The summed E-state index contributed by atoms with van der Waals surface area (Å²) in [6.07, 6.45) is -0.226. The Balaban J connectivity index is 1.48. The molecule has 9 heteroatoms. The first-order valence-corrected chi connectivity index (χ1v) is 8.98. The average molecular weight is 421 g/mol. The number of carbonyl (C=O) groups is 4. The second-order valence-electron chi connectivity index (χ2n) is 5.89. The second kappa shape index (κ2) is 8.41. The number of halogens is 2. The fourth-order valence-electron chi connectivity index (χ4n) is 2.64. The fraction of sp³-hybridized carbons (Fsp3) is 0.158. The van der Waals surface area contributed by atoms with Gasteiger partial charge in [-0.1, -0.05) is 35.3 Å². The summed E-state index contributed by atoms with van der Waals surface area (Å²) in [5, 5.41) is 3.15. The predicted molar refractivity (Wildman–Crippen MR) is 102 cm³/mol. The van der Waals surface area contributed by atoms with E-state index in [4.69, 9.17) is 27.9 Å². The number of rotatable bonds is 6. The molecule has 0 unspecified atom stereocenters. The van der Waals surface area contributed by atoms with Crippen LogP contribution in [0, 0.1) is 0 Å². The molecule has 7 nitrogen and oxygen atoms in total. The van der Waals surface area contributed by atoms with E-state index in [1.807, 2.05) is 0 Å². The molecule has 0 saturated heterocycles. The number of nitrogens with zero attached hydrogens (tertiary/aromatic N) is 1. The summed E-state index contributed by atoms with van der Waals surface area (Å²) in [5.74, 6) is -2.23. The summed E-state index contributed by atoms with van der Waals surface area (Å²) in [6, 6.07) is 11.0. The number of imide groups is 1. The van der Waals surface area contributed by atoms with Gasteiger partial charge in [0.1, 0.15) is 0 Å². The highest BCUT2D eigenvalue weighted by molar-refractivity contribution is 6.35. The number of anilines is 1. The maximum absolute atomic E-state index is 12.2. The van der Waals surface area contributed by atoms with E-state index in [0.29, 0.717) is 21.8 Å². The van der Waals surface area contributed by atoms with Crippen molar-refractivity contribution in [3.05, 3.63) is 63.6 Å². The lowest BCUT2D eigenvalue weighted by Gasteiger charge is -2.13. The van der Waals surface area contributed by atoms with Crippen LogP contribution in [-0.2, 0) is 14.3 Å². The van der Waals surface area contributed by atoms with Crippen LogP contribution in [0.25, 0.3) is 0 Å². The van der Waals surface area contributed by atoms with Crippen molar-refractivity contribution in [3.63, 3.8) is 0 Å². The molecule has 0 aromatic heterocycles. The number of carbonyl (C=O) groups excluding carboxylic acids is 4. The van der Waals surface area contributed by atoms with Gasteiger partial charge in [0.15, 0.2) is 6.61 Å². The summed E-state index contributed by atoms with van der Waals surface area (Å²) in [4.78, 5) is 49.2. The van der Waals surface area contributed by atoms with Gasteiger partial charge in [0, 0.05) is 11.6 Å². The van der Waals surface area contributed by atoms with Gasteiger partial charge >= 0.3 is 5.97 Å². The zero-order valence-corrected chi connectivity index (χ0v) is 15.9. The van der Waals surface area contributed by atoms with Crippen molar-refractivity contribution in [3.8, 4) is 0 Å². The molecule has 0 fully saturated rings. The van der Waals surface area contributed by atoms with Gasteiger partial charge in [-0.2, -0.15) is 0 Å². The van der Waals surface area contributed by atoms with Gasteiger partial charge in [0.2, 0.25) is 0 Å². The number of esters is 1. The Bertz CT molecular complexity index is 942. The highest BCUT2D eigenvalue weighted by Gasteiger charge is 2.35. The van der Waals surface area contributed by atoms with Crippen molar-refractivity contribution < 1.29 is 23.9 Å². The van der Waals surface area contributed by atoms with Gasteiger partial charge in [-0.3, -0.25) is 24.1 Å². The average Bonchev–Trinajstić information content (AvgIpc) is 2.92. The van der Waals surface area contributed by atoms with Crippen molar-refractivity contribution in [2.24, 2.45) is 0 Å². The lowest BCUT2D eigenvalue weighted by Crippen LogP contribution is -2.32. The molecule has 3 rings (SSSR count). The van der Waals surface area contributed by atoms with Gasteiger partial charge in [-0.05, 0) is 30.3 Å². The van der Waals surface area contributed by atoms with Crippen LogP contribution in [-0.4, -0.2) is 41.7 Å². The molecule has 0 bridgehead atoms. The SMILES string of the molecule is O=C(COC(=O)CCN1C(=O)c2ccccc2C1=O)Nc1cc(Cl)ccc1Cl. The van der Waals surface area contributed by atoms with Crippen LogP contribution >= 0.6 is 23.2 Å². The van der Waals surface area contributed by atoms with Crippen LogP contribution in [0.5, 0.6) is 0 Å². The molecule has 0 aliphatic carbocycles. The van der Waals surface area contributed by atoms with E-state index < -0.39 is 30.3 Å². The predicted octanol–water partition coefficient (Wildman–Crippen LogP) is 3.16. The Morgan fingerprint density at radius 3 is 2.29 bits per heavy atom. The van der Waals surface area contributed by atoms with E-state index in [0.717, 1.165) is 4.90 Å². The molecule has 2 aromatic rings. The molecule has 0 radical (unpaired) electrons. The van der Waals surface area contributed by atoms with Gasteiger partial charge in [0.05, 0.1) is 28.3 Å². The molecular formula is C19H14Cl2N2O5. The standard InChI is InChI=1S/C19H14Cl2N2O5/c20-11-5-6-14(21)15(9-11)22-16(24)10-28-17(25)7-8-23-18(26)12-3-1-2-4-13(12)19(23)27/h1-6,9H,7-8,10H2,(H,22,24). The van der Waals surface area contributed by atoms with Gasteiger partial charge in [0.25, 0.3) is 17.7 Å². The maximum atomic E-state index is 12.2. The molecule has 0 atom stereocenters. The highest BCUT2D eigenvalue weighted by Crippen LogP contribution is 2.25. The smallest absolute Gasteiger partial charge is 0.308 e. The molecule has 144 valence electrons.